The molecule has 1 atom stereocenters. The Labute approximate surface area is 183 Å². The van der Waals surface area contributed by atoms with Crippen LogP contribution in [-0.2, 0) is 19.0 Å². The number of anilines is 2. The van der Waals surface area contributed by atoms with Crippen LogP contribution in [-0.4, -0.2) is 43.1 Å². The zero-order valence-corrected chi connectivity index (χ0v) is 18.5. The molecular weight excluding hydrogens is 424 g/mol. The van der Waals surface area contributed by atoms with Gasteiger partial charge in [-0.25, -0.2) is 14.4 Å². The third-order valence-corrected chi connectivity index (χ3v) is 5.31. The van der Waals surface area contributed by atoms with Crippen LogP contribution in [0.5, 0.6) is 0 Å². The highest BCUT2D eigenvalue weighted by molar-refractivity contribution is 7.18. The molecule has 10 heteroatoms. The van der Waals surface area contributed by atoms with Gasteiger partial charge in [-0.05, 0) is 57.5 Å². The monoisotopic (exact) mass is 448 g/mol. The number of nitrogens with one attached hydrogen (secondary N) is 1. The Kier molecular flexibility index (Phi) is 8.14. The van der Waals surface area contributed by atoms with E-state index >= 15 is 0 Å². The molecule has 0 aliphatic rings. The van der Waals surface area contributed by atoms with E-state index in [9.17, 15) is 19.2 Å². The summed E-state index contributed by atoms with van der Waals surface area (Å²) in [6.07, 6.45) is -1.17. The topological polar surface area (TPSA) is 134 Å². The fraction of sp³-hybridized carbons (Fsp3) is 0.333. The fourth-order valence-electron chi connectivity index (χ4n) is 2.56. The van der Waals surface area contributed by atoms with Crippen molar-refractivity contribution >= 4 is 45.8 Å². The zero-order chi connectivity index (χ0) is 23.1. The van der Waals surface area contributed by atoms with Crippen molar-refractivity contribution in [3.05, 3.63) is 45.8 Å². The van der Waals surface area contributed by atoms with E-state index in [-0.39, 0.29) is 34.2 Å². The van der Waals surface area contributed by atoms with Crippen molar-refractivity contribution in [2.75, 3.05) is 24.3 Å². The number of amides is 1. The lowest BCUT2D eigenvalue weighted by Gasteiger charge is -2.14. The first-order valence-corrected chi connectivity index (χ1v) is 10.4. The Morgan fingerprint density at radius 3 is 2.16 bits per heavy atom. The predicted molar refractivity (Wildman–Crippen MR) is 115 cm³/mol. The number of hydrogen-bond acceptors (Lipinski definition) is 9. The van der Waals surface area contributed by atoms with Crippen LogP contribution in [0.2, 0.25) is 0 Å². The smallest absolute Gasteiger partial charge is 0.348 e. The third-order valence-electron chi connectivity index (χ3n) is 4.12. The van der Waals surface area contributed by atoms with Gasteiger partial charge in [0.1, 0.15) is 9.88 Å². The zero-order valence-electron chi connectivity index (χ0n) is 17.6. The molecule has 0 aliphatic carbocycles. The quantitative estimate of drug-likeness (QED) is 0.357. The molecule has 0 aliphatic heterocycles. The molecule has 31 heavy (non-hydrogen) atoms. The molecule has 0 spiro atoms. The molecule has 1 heterocycles. The standard InChI is InChI=1S/C21H24N2O7S/c1-5-28-20(26)15-11(3)16(21(27)29-6-2)31-18(15)23-17(24)12(4)30-19(25)13-7-9-14(22)10-8-13/h7-10,12H,5-6,22H2,1-4H3,(H,23,24). The molecule has 0 radical (unpaired) electrons. The van der Waals surface area contributed by atoms with Gasteiger partial charge in [0.2, 0.25) is 0 Å². The number of rotatable bonds is 8. The average molecular weight is 448 g/mol. The molecular formula is C21H24N2O7S. The second kappa shape index (κ2) is 10.6. The maximum absolute atomic E-state index is 12.6. The summed E-state index contributed by atoms with van der Waals surface area (Å²) >= 11 is 0.889. The normalized spacial score (nSPS) is 11.4. The van der Waals surface area contributed by atoms with Gasteiger partial charge in [-0.2, -0.15) is 0 Å². The lowest BCUT2D eigenvalue weighted by Crippen LogP contribution is -2.30. The molecule has 0 fully saturated rings. The third kappa shape index (κ3) is 5.82. The second-order valence-electron chi connectivity index (χ2n) is 6.36. The summed E-state index contributed by atoms with van der Waals surface area (Å²) in [5.41, 5.74) is 6.70. The Balaban J connectivity index is 2.22. The molecule has 166 valence electrons. The number of benzene rings is 1. The minimum Gasteiger partial charge on any atom is -0.462 e. The number of carbonyl (C=O) groups is 4. The molecule has 0 bridgehead atoms. The van der Waals surface area contributed by atoms with Crippen LogP contribution in [0.1, 0.15) is 56.7 Å². The first kappa shape index (κ1) is 23.9. The van der Waals surface area contributed by atoms with Crippen molar-refractivity contribution in [3.8, 4) is 0 Å². The lowest BCUT2D eigenvalue weighted by atomic mass is 10.1. The van der Waals surface area contributed by atoms with Gasteiger partial charge in [0.15, 0.2) is 6.10 Å². The van der Waals surface area contributed by atoms with Gasteiger partial charge in [0, 0.05) is 5.69 Å². The van der Waals surface area contributed by atoms with Gasteiger partial charge in [0.05, 0.1) is 24.3 Å². The molecule has 1 aromatic carbocycles. The molecule has 1 unspecified atom stereocenters. The van der Waals surface area contributed by atoms with Crippen LogP contribution in [0.15, 0.2) is 24.3 Å². The first-order chi connectivity index (χ1) is 14.7. The van der Waals surface area contributed by atoms with Crippen molar-refractivity contribution in [3.63, 3.8) is 0 Å². The average Bonchev–Trinajstić information content (AvgIpc) is 3.04. The van der Waals surface area contributed by atoms with E-state index < -0.39 is 29.9 Å². The van der Waals surface area contributed by atoms with E-state index in [1.165, 1.54) is 31.2 Å². The second-order valence-corrected chi connectivity index (χ2v) is 7.38. The summed E-state index contributed by atoms with van der Waals surface area (Å²) in [6, 6.07) is 6.04. The van der Waals surface area contributed by atoms with Gasteiger partial charge < -0.3 is 25.3 Å². The maximum atomic E-state index is 12.6. The predicted octanol–water partition coefficient (Wildman–Crippen LogP) is 3.18. The summed E-state index contributed by atoms with van der Waals surface area (Å²) < 4.78 is 15.2. The summed E-state index contributed by atoms with van der Waals surface area (Å²) in [4.78, 5) is 49.6. The largest absolute Gasteiger partial charge is 0.462 e. The molecule has 2 aromatic rings. The number of esters is 3. The molecule has 0 saturated heterocycles. The molecule has 9 nitrogen and oxygen atoms in total. The Morgan fingerprint density at radius 2 is 1.58 bits per heavy atom. The molecule has 1 aromatic heterocycles. The highest BCUT2D eigenvalue weighted by atomic mass is 32.1. The van der Waals surface area contributed by atoms with E-state index in [4.69, 9.17) is 19.9 Å². The number of carbonyl (C=O) groups excluding carboxylic acids is 4. The molecule has 0 saturated carbocycles. The summed E-state index contributed by atoms with van der Waals surface area (Å²) in [7, 11) is 0. The highest BCUT2D eigenvalue weighted by Crippen LogP contribution is 2.34. The van der Waals surface area contributed by atoms with Crippen molar-refractivity contribution in [2.45, 2.75) is 33.8 Å². The Bertz CT molecular complexity index is 982. The van der Waals surface area contributed by atoms with Crippen molar-refractivity contribution < 1.29 is 33.4 Å². The summed E-state index contributed by atoms with van der Waals surface area (Å²) in [5.74, 6) is -2.68. The molecule has 2 rings (SSSR count). The molecule has 1 amide bonds. The maximum Gasteiger partial charge on any atom is 0.348 e. The first-order valence-electron chi connectivity index (χ1n) is 9.54. The minimum atomic E-state index is -1.17. The Hall–Kier alpha value is -3.40. The lowest BCUT2D eigenvalue weighted by molar-refractivity contribution is -0.123. The van der Waals surface area contributed by atoms with Gasteiger partial charge in [-0.3, -0.25) is 4.79 Å². The number of ether oxygens (including phenoxy) is 3. The van der Waals surface area contributed by atoms with Crippen LogP contribution in [0.4, 0.5) is 10.7 Å². The number of hydrogen-bond donors (Lipinski definition) is 2. The SMILES string of the molecule is CCOC(=O)c1sc(NC(=O)C(C)OC(=O)c2ccc(N)cc2)c(C(=O)OCC)c1C. The number of nitrogens with two attached hydrogens (primary N) is 1. The summed E-state index contributed by atoms with van der Waals surface area (Å²) in [6.45, 7) is 6.53. The van der Waals surface area contributed by atoms with Gasteiger partial charge in [-0.15, -0.1) is 11.3 Å². The van der Waals surface area contributed by atoms with E-state index in [1.807, 2.05) is 0 Å². The van der Waals surface area contributed by atoms with E-state index in [1.54, 1.807) is 20.8 Å². The minimum absolute atomic E-state index is 0.0558. The van der Waals surface area contributed by atoms with Gasteiger partial charge in [0.25, 0.3) is 5.91 Å². The van der Waals surface area contributed by atoms with E-state index in [0.29, 0.717) is 11.3 Å². The van der Waals surface area contributed by atoms with E-state index in [2.05, 4.69) is 5.32 Å². The van der Waals surface area contributed by atoms with Gasteiger partial charge >= 0.3 is 17.9 Å². The summed E-state index contributed by atoms with van der Waals surface area (Å²) in [5, 5.41) is 2.66. The van der Waals surface area contributed by atoms with Crippen LogP contribution in [0, 0.1) is 6.92 Å². The number of thiophene rings is 1. The van der Waals surface area contributed by atoms with Crippen molar-refractivity contribution in [1.82, 2.24) is 0 Å². The highest BCUT2D eigenvalue weighted by Gasteiger charge is 2.29. The van der Waals surface area contributed by atoms with Crippen molar-refractivity contribution in [2.24, 2.45) is 0 Å². The molecule has 3 N–H and O–H groups in total. The Morgan fingerprint density at radius 1 is 1.00 bits per heavy atom. The van der Waals surface area contributed by atoms with Crippen molar-refractivity contribution in [1.29, 1.82) is 0 Å². The van der Waals surface area contributed by atoms with Crippen LogP contribution in [0.25, 0.3) is 0 Å². The van der Waals surface area contributed by atoms with E-state index in [0.717, 1.165) is 11.3 Å². The fourth-order valence-corrected chi connectivity index (χ4v) is 3.65. The van der Waals surface area contributed by atoms with Gasteiger partial charge in [-0.1, -0.05) is 0 Å². The van der Waals surface area contributed by atoms with Crippen LogP contribution >= 0.6 is 11.3 Å². The van der Waals surface area contributed by atoms with Crippen LogP contribution < -0.4 is 11.1 Å². The van der Waals surface area contributed by atoms with Crippen LogP contribution in [0.3, 0.4) is 0 Å². The number of nitrogen functional groups attached to an aromatic ring is 1.